The third kappa shape index (κ3) is 2.84. The average Bonchev–Trinajstić information content (AvgIpc) is 3.47. The van der Waals surface area contributed by atoms with Crippen molar-refractivity contribution in [2.45, 2.75) is 6.54 Å². The van der Waals surface area contributed by atoms with Crippen molar-refractivity contribution in [3.05, 3.63) is 65.5 Å². The van der Waals surface area contributed by atoms with Crippen LogP contribution in [0.4, 0.5) is 11.4 Å². The quantitative estimate of drug-likeness (QED) is 0.468. The predicted octanol–water partition coefficient (Wildman–Crippen LogP) is 3.73. The van der Waals surface area contributed by atoms with Crippen LogP contribution in [0.2, 0.25) is 0 Å². The number of anilines is 2. The molecule has 2 aromatic carbocycles. The molecule has 1 saturated heterocycles. The summed E-state index contributed by atoms with van der Waals surface area (Å²) < 4.78 is 5.86. The second-order valence-electron chi connectivity index (χ2n) is 8.27. The Bertz CT molecular complexity index is 1280. The number of hydrogen-bond donors (Lipinski definition) is 2. The number of aromatic nitrogens is 2. The summed E-state index contributed by atoms with van der Waals surface area (Å²) in [6.07, 6.45) is 1.90. The molecule has 0 unspecified atom stereocenters. The van der Waals surface area contributed by atoms with E-state index in [9.17, 15) is 4.79 Å². The molecule has 0 bridgehead atoms. The first-order chi connectivity index (χ1) is 15.2. The van der Waals surface area contributed by atoms with Gasteiger partial charge >= 0.3 is 0 Å². The maximum absolute atomic E-state index is 13.6. The molecule has 0 radical (unpaired) electrons. The fourth-order valence-electron chi connectivity index (χ4n) is 4.64. The summed E-state index contributed by atoms with van der Waals surface area (Å²) in [5, 5.41) is 8.77. The summed E-state index contributed by atoms with van der Waals surface area (Å²) in [5.41, 5.74) is 5.78. The molecule has 7 heteroatoms. The molecule has 4 aromatic rings. The molecule has 2 aliphatic rings. The number of rotatable bonds is 4. The van der Waals surface area contributed by atoms with Gasteiger partial charge < -0.3 is 24.6 Å². The number of nitrogens with zero attached hydrogens (tertiary/aromatic N) is 3. The van der Waals surface area contributed by atoms with Gasteiger partial charge in [-0.1, -0.05) is 29.4 Å². The Hall–Kier alpha value is -3.58. The van der Waals surface area contributed by atoms with Crippen LogP contribution in [0.25, 0.3) is 22.2 Å². The van der Waals surface area contributed by atoms with E-state index in [0.717, 1.165) is 59.7 Å². The fraction of sp³-hybridized carbons (Fsp3) is 0.250. The lowest BCUT2D eigenvalue weighted by Gasteiger charge is -2.34. The molecule has 0 spiro atoms. The molecule has 156 valence electrons. The van der Waals surface area contributed by atoms with Gasteiger partial charge in [-0.05, 0) is 25.2 Å². The summed E-state index contributed by atoms with van der Waals surface area (Å²) in [4.78, 5) is 21.5. The summed E-state index contributed by atoms with van der Waals surface area (Å²) in [5.74, 6) is 0.689. The van der Waals surface area contributed by atoms with Crippen LogP contribution in [0.3, 0.4) is 0 Å². The van der Waals surface area contributed by atoms with Crippen LogP contribution in [0, 0.1) is 0 Å². The van der Waals surface area contributed by atoms with E-state index in [4.69, 9.17) is 4.52 Å². The van der Waals surface area contributed by atoms with Gasteiger partial charge in [0.15, 0.2) is 11.5 Å². The second-order valence-corrected chi connectivity index (χ2v) is 8.27. The third-order valence-electron chi connectivity index (χ3n) is 6.35. The highest BCUT2D eigenvalue weighted by molar-refractivity contribution is 6.28. The number of carbonyl (C=O) groups excluding carboxylic acids is 1. The van der Waals surface area contributed by atoms with E-state index in [1.165, 1.54) is 0 Å². The van der Waals surface area contributed by atoms with E-state index in [1.54, 1.807) is 0 Å². The van der Waals surface area contributed by atoms with Crippen molar-refractivity contribution in [1.29, 1.82) is 0 Å². The van der Waals surface area contributed by atoms with Crippen LogP contribution in [0.15, 0.2) is 53.2 Å². The number of piperazine rings is 1. The van der Waals surface area contributed by atoms with Gasteiger partial charge in [-0.2, -0.15) is 0 Å². The molecule has 3 heterocycles. The molecule has 2 N–H and O–H groups in total. The minimum Gasteiger partial charge on any atom is -0.379 e. The first kappa shape index (κ1) is 18.2. The zero-order valence-corrected chi connectivity index (χ0v) is 17.3. The van der Waals surface area contributed by atoms with Crippen LogP contribution in [0.1, 0.15) is 21.6 Å². The second kappa shape index (κ2) is 6.99. The first-order valence-corrected chi connectivity index (χ1v) is 10.6. The molecule has 2 aromatic heterocycles. The maximum atomic E-state index is 13.6. The highest BCUT2D eigenvalue weighted by atomic mass is 16.5. The van der Waals surface area contributed by atoms with Crippen molar-refractivity contribution in [3.63, 3.8) is 0 Å². The fourth-order valence-corrected chi connectivity index (χ4v) is 4.64. The number of carbonyl (C=O) groups is 1. The maximum Gasteiger partial charge on any atom is 0.196 e. The van der Waals surface area contributed by atoms with Gasteiger partial charge in [-0.15, -0.1) is 0 Å². The van der Waals surface area contributed by atoms with E-state index in [0.29, 0.717) is 23.4 Å². The number of aromatic amines is 1. The summed E-state index contributed by atoms with van der Waals surface area (Å²) >= 11 is 0. The lowest BCUT2D eigenvalue weighted by molar-refractivity contribution is 0.104. The predicted molar refractivity (Wildman–Crippen MR) is 121 cm³/mol. The van der Waals surface area contributed by atoms with Gasteiger partial charge in [0.05, 0.1) is 23.2 Å². The van der Waals surface area contributed by atoms with Crippen LogP contribution in [-0.2, 0) is 6.54 Å². The van der Waals surface area contributed by atoms with Gasteiger partial charge in [-0.25, -0.2) is 0 Å². The third-order valence-corrected chi connectivity index (χ3v) is 6.35. The molecule has 0 atom stereocenters. The van der Waals surface area contributed by atoms with Crippen molar-refractivity contribution < 1.29 is 9.32 Å². The van der Waals surface area contributed by atoms with E-state index in [-0.39, 0.29) is 5.78 Å². The standard InChI is InChI=1S/C24H23N5O2/c1-28-9-11-29(12-10-28)19-13-18(26-14-15-5-4-8-25-15)20-21-22(19)27-31-24(21)17-7-3-2-6-16(17)23(20)30/h2-8,13,25-26H,9-12,14H2,1H3. The number of likely N-dealkylation sites (N-methyl/N-ethyl adjacent to an activating group) is 1. The van der Waals surface area contributed by atoms with Gasteiger partial charge in [0.2, 0.25) is 0 Å². The van der Waals surface area contributed by atoms with Crippen molar-refractivity contribution >= 4 is 28.1 Å². The summed E-state index contributed by atoms with van der Waals surface area (Å²) in [6, 6.07) is 13.7. The zero-order chi connectivity index (χ0) is 20.9. The van der Waals surface area contributed by atoms with Gasteiger partial charge in [0.1, 0.15) is 5.52 Å². The Morgan fingerprint density at radius 3 is 2.68 bits per heavy atom. The van der Waals surface area contributed by atoms with Crippen molar-refractivity contribution in [2.75, 3.05) is 43.4 Å². The number of ketones is 1. The number of hydrogen-bond acceptors (Lipinski definition) is 6. The van der Waals surface area contributed by atoms with E-state index in [2.05, 4.69) is 38.4 Å². The minimum atomic E-state index is 0.00946. The molecule has 7 nitrogen and oxygen atoms in total. The summed E-state index contributed by atoms with van der Waals surface area (Å²) in [6.45, 7) is 4.40. The molecule has 1 aliphatic heterocycles. The molecular formula is C24H23N5O2. The molecule has 0 saturated carbocycles. The van der Waals surface area contributed by atoms with Crippen LogP contribution in [-0.4, -0.2) is 54.1 Å². The van der Waals surface area contributed by atoms with E-state index < -0.39 is 0 Å². The van der Waals surface area contributed by atoms with Crippen molar-refractivity contribution in [3.8, 4) is 11.3 Å². The monoisotopic (exact) mass is 413 g/mol. The molecule has 6 rings (SSSR count). The number of fused-ring (bicyclic) bond motifs is 2. The van der Waals surface area contributed by atoms with E-state index >= 15 is 0 Å². The van der Waals surface area contributed by atoms with Crippen molar-refractivity contribution in [1.82, 2.24) is 15.0 Å². The molecule has 1 fully saturated rings. The highest BCUT2D eigenvalue weighted by Crippen LogP contribution is 2.45. The highest BCUT2D eigenvalue weighted by Gasteiger charge is 2.33. The minimum absolute atomic E-state index is 0.00946. The Kier molecular flexibility index (Phi) is 4.11. The topological polar surface area (TPSA) is 77.4 Å². The Morgan fingerprint density at radius 1 is 1.10 bits per heavy atom. The van der Waals surface area contributed by atoms with Crippen LogP contribution < -0.4 is 10.2 Å². The SMILES string of the molecule is CN1CCN(c2cc(NCc3ccc[nH]3)c3c4c(onc24)-c2ccccc2C3=O)CC1. The Morgan fingerprint density at radius 2 is 1.90 bits per heavy atom. The normalized spacial score (nSPS) is 16.0. The average molecular weight is 413 g/mol. The van der Waals surface area contributed by atoms with Gasteiger partial charge in [0.25, 0.3) is 0 Å². The molecule has 0 amide bonds. The van der Waals surface area contributed by atoms with Crippen LogP contribution in [0.5, 0.6) is 0 Å². The van der Waals surface area contributed by atoms with Gasteiger partial charge in [0, 0.05) is 54.9 Å². The molecular weight excluding hydrogens is 390 g/mol. The van der Waals surface area contributed by atoms with Crippen LogP contribution >= 0.6 is 0 Å². The number of benzene rings is 2. The lowest BCUT2D eigenvalue weighted by Crippen LogP contribution is -2.44. The number of nitrogens with one attached hydrogen (secondary N) is 2. The Balaban J connectivity index is 1.54. The molecule has 31 heavy (non-hydrogen) atoms. The summed E-state index contributed by atoms with van der Waals surface area (Å²) in [7, 11) is 2.14. The Labute approximate surface area is 179 Å². The lowest BCUT2D eigenvalue weighted by atomic mass is 9.86. The first-order valence-electron chi connectivity index (χ1n) is 10.6. The van der Waals surface area contributed by atoms with Gasteiger partial charge in [-0.3, -0.25) is 4.79 Å². The van der Waals surface area contributed by atoms with Crippen molar-refractivity contribution in [2.24, 2.45) is 0 Å². The largest absolute Gasteiger partial charge is 0.379 e. The van der Waals surface area contributed by atoms with E-state index in [1.807, 2.05) is 42.6 Å². The number of H-pyrrole nitrogens is 1. The molecule has 1 aliphatic carbocycles. The smallest absolute Gasteiger partial charge is 0.196 e. The zero-order valence-electron chi connectivity index (χ0n) is 17.3.